The average molecular weight is 472 g/mol. The van der Waals surface area contributed by atoms with E-state index in [2.05, 4.69) is 15.7 Å². The van der Waals surface area contributed by atoms with Gasteiger partial charge in [-0.15, -0.1) is 5.10 Å². The Hall–Kier alpha value is -3.59. The van der Waals surface area contributed by atoms with Gasteiger partial charge in [-0.1, -0.05) is 29.8 Å². The van der Waals surface area contributed by atoms with Crippen molar-refractivity contribution in [2.24, 2.45) is 5.73 Å². The average Bonchev–Trinajstić information content (AvgIpc) is 3.22. The lowest BCUT2D eigenvalue weighted by atomic mass is 9.84. The van der Waals surface area contributed by atoms with E-state index in [0.717, 1.165) is 5.56 Å². The normalized spacial score (nSPS) is 15.3. The first-order valence-electron chi connectivity index (χ1n) is 10.3. The number of hydrogen-bond acceptors (Lipinski definition) is 4. The molecule has 10 heteroatoms. The summed E-state index contributed by atoms with van der Waals surface area (Å²) in [5, 5.41) is 10.3. The summed E-state index contributed by atoms with van der Waals surface area (Å²) in [6, 6.07) is 10.6. The molecular formula is C23H23ClFN5O3. The molecule has 0 spiro atoms. The molecule has 2 heterocycles. The van der Waals surface area contributed by atoms with E-state index < -0.39 is 23.2 Å². The van der Waals surface area contributed by atoms with Crippen LogP contribution in [0.5, 0.6) is 5.75 Å². The fourth-order valence-corrected chi connectivity index (χ4v) is 3.83. The van der Waals surface area contributed by atoms with Crippen molar-refractivity contribution in [3.8, 4) is 11.4 Å². The molecule has 0 radical (unpaired) electrons. The number of nitrogens with one attached hydrogen (secondary N) is 2. The number of rotatable bonds is 5. The summed E-state index contributed by atoms with van der Waals surface area (Å²) < 4.78 is 21.7. The molecule has 3 aromatic rings. The van der Waals surface area contributed by atoms with Gasteiger partial charge in [-0.3, -0.25) is 10.1 Å². The molecule has 1 atom stereocenters. The van der Waals surface area contributed by atoms with Crippen molar-refractivity contribution in [1.82, 2.24) is 15.1 Å². The topological polar surface area (TPSA) is 111 Å². The van der Waals surface area contributed by atoms with Crippen LogP contribution in [0.1, 0.15) is 37.4 Å². The smallest absolute Gasteiger partial charge is 0.320 e. The van der Waals surface area contributed by atoms with E-state index in [1.165, 1.54) is 23.0 Å². The maximum absolute atomic E-state index is 14.7. The van der Waals surface area contributed by atoms with Crippen LogP contribution < -0.4 is 21.1 Å². The second kappa shape index (κ2) is 8.74. The molecule has 0 fully saturated rings. The summed E-state index contributed by atoms with van der Waals surface area (Å²) in [7, 11) is 0. The zero-order valence-corrected chi connectivity index (χ0v) is 18.8. The molecule has 3 amide bonds. The molecule has 1 aliphatic heterocycles. The Morgan fingerprint density at radius 2 is 2.06 bits per heavy atom. The lowest BCUT2D eigenvalue weighted by Crippen LogP contribution is -2.35. The first kappa shape index (κ1) is 22.6. The van der Waals surface area contributed by atoms with Crippen molar-refractivity contribution in [3.63, 3.8) is 0 Å². The molecule has 172 valence electrons. The molecule has 0 saturated heterocycles. The second-order valence-electron chi connectivity index (χ2n) is 8.25. The SMILES string of the molecule is CC(C)(C(N)=O)c1ccc(-n2ccc(NC(=O)N[C@H]3CCOc4c(Cl)cccc43)n2)c(F)c1. The molecule has 33 heavy (non-hydrogen) atoms. The second-order valence-corrected chi connectivity index (χ2v) is 8.65. The molecule has 1 aromatic heterocycles. The van der Waals surface area contributed by atoms with Crippen molar-refractivity contribution >= 4 is 29.4 Å². The highest BCUT2D eigenvalue weighted by molar-refractivity contribution is 6.32. The molecular weight excluding hydrogens is 449 g/mol. The Balaban J connectivity index is 1.46. The summed E-state index contributed by atoms with van der Waals surface area (Å²) in [6.07, 6.45) is 2.12. The third-order valence-electron chi connectivity index (χ3n) is 5.69. The van der Waals surface area contributed by atoms with E-state index in [1.54, 1.807) is 38.1 Å². The number of hydrogen-bond donors (Lipinski definition) is 3. The summed E-state index contributed by atoms with van der Waals surface area (Å²) in [4.78, 5) is 24.2. The molecule has 0 unspecified atom stereocenters. The van der Waals surface area contributed by atoms with Gasteiger partial charge in [-0.25, -0.2) is 13.9 Å². The third kappa shape index (κ3) is 4.49. The third-order valence-corrected chi connectivity index (χ3v) is 5.99. The van der Waals surface area contributed by atoms with Crippen molar-refractivity contribution < 1.29 is 18.7 Å². The quantitative estimate of drug-likeness (QED) is 0.520. The monoisotopic (exact) mass is 471 g/mol. The maximum atomic E-state index is 14.7. The molecule has 8 nitrogen and oxygen atoms in total. The van der Waals surface area contributed by atoms with E-state index in [9.17, 15) is 14.0 Å². The zero-order valence-electron chi connectivity index (χ0n) is 18.1. The number of benzene rings is 2. The summed E-state index contributed by atoms with van der Waals surface area (Å²) in [6.45, 7) is 3.68. The lowest BCUT2D eigenvalue weighted by Gasteiger charge is -2.27. The molecule has 0 saturated carbocycles. The van der Waals surface area contributed by atoms with Crippen molar-refractivity contribution in [3.05, 3.63) is 70.6 Å². The lowest BCUT2D eigenvalue weighted by molar-refractivity contribution is -0.122. The number of halogens is 2. The van der Waals surface area contributed by atoms with Crippen LogP contribution in [-0.4, -0.2) is 28.3 Å². The summed E-state index contributed by atoms with van der Waals surface area (Å²) in [5.74, 6) is -0.317. The van der Waals surface area contributed by atoms with Crippen LogP contribution in [0.3, 0.4) is 0 Å². The summed E-state index contributed by atoms with van der Waals surface area (Å²) >= 11 is 6.18. The van der Waals surface area contributed by atoms with Gasteiger partial charge in [0.25, 0.3) is 0 Å². The molecule has 0 aliphatic carbocycles. The van der Waals surface area contributed by atoms with E-state index in [-0.39, 0.29) is 17.5 Å². The highest BCUT2D eigenvalue weighted by atomic mass is 35.5. The Kier molecular flexibility index (Phi) is 5.99. The highest BCUT2D eigenvalue weighted by Gasteiger charge is 2.28. The van der Waals surface area contributed by atoms with Crippen LogP contribution in [0.15, 0.2) is 48.7 Å². The number of fused-ring (bicyclic) bond motifs is 1. The van der Waals surface area contributed by atoms with Crippen LogP contribution in [0.2, 0.25) is 5.02 Å². The predicted octanol–water partition coefficient (Wildman–Crippen LogP) is 4.07. The number of urea groups is 1. The van der Waals surface area contributed by atoms with Gasteiger partial charge in [0.15, 0.2) is 5.82 Å². The standard InChI is InChI=1S/C23H23ClFN5O3/c1-23(2,21(26)31)13-6-7-18(16(25)12-13)30-10-8-19(29-30)28-22(32)27-17-9-11-33-20-14(17)4-3-5-15(20)24/h3-8,10,12,17H,9,11H2,1-2H3,(H2,26,31)(H2,27,28,29,32)/t17-/m0/s1. The van der Waals surface area contributed by atoms with Crippen molar-refractivity contribution in [1.29, 1.82) is 0 Å². The van der Waals surface area contributed by atoms with E-state index in [1.807, 2.05) is 6.07 Å². The minimum absolute atomic E-state index is 0.167. The number of anilines is 1. The Morgan fingerprint density at radius 1 is 1.27 bits per heavy atom. The number of para-hydroxylation sites is 1. The van der Waals surface area contributed by atoms with E-state index in [0.29, 0.717) is 29.4 Å². The Morgan fingerprint density at radius 3 is 2.79 bits per heavy atom. The molecule has 2 aromatic carbocycles. The van der Waals surface area contributed by atoms with Gasteiger partial charge in [0.1, 0.15) is 17.3 Å². The van der Waals surface area contributed by atoms with Gasteiger partial charge >= 0.3 is 6.03 Å². The number of primary amides is 1. The Bertz CT molecular complexity index is 1230. The first-order chi connectivity index (χ1) is 15.7. The molecule has 4 rings (SSSR count). The van der Waals surface area contributed by atoms with Gasteiger partial charge in [0, 0.05) is 24.2 Å². The number of carbonyl (C=O) groups is 2. The van der Waals surface area contributed by atoms with E-state index >= 15 is 0 Å². The number of nitrogens with two attached hydrogens (primary N) is 1. The van der Waals surface area contributed by atoms with Gasteiger partial charge in [-0.05, 0) is 37.6 Å². The number of aromatic nitrogens is 2. The molecule has 1 aliphatic rings. The van der Waals surface area contributed by atoms with Crippen molar-refractivity contribution in [2.45, 2.75) is 31.7 Å². The largest absolute Gasteiger partial charge is 0.492 e. The van der Waals surface area contributed by atoms with Crippen LogP contribution in [-0.2, 0) is 10.2 Å². The predicted molar refractivity (Wildman–Crippen MR) is 122 cm³/mol. The zero-order chi connectivity index (χ0) is 23.8. The van der Waals surface area contributed by atoms with Gasteiger partial charge in [0.2, 0.25) is 5.91 Å². The summed E-state index contributed by atoms with van der Waals surface area (Å²) in [5.41, 5.74) is 5.83. The highest BCUT2D eigenvalue weighted by Crippen LogP contribution is 2.37. The van der Waals surface area contributed by atoms with Crippen LogP contribution in [0, 0.1) is 5.82 Å². The molecule has 0 bridgehead atoms. The van der Waals surface area contributed by atoms with Crippen LogP contribution in [0.4, 0.5) is 15.0 Å². The maximum Gasteiger partial charge on any atom is 0.320 e. The number of carbonyl (C=O) groups excluding carboxylic acids is 2. The first-order valence-corrected chi connectivity index (χ1v) is 10.7. The van der Waals surface area contributed by atoms with Gasteiger partial charge in [-0.2, -0.15) is 0 Å². The fraction of sp³-hybridized carbons (Fsp3) is 0.261. The van der Waals surface area contributed by atoms with E-state index in [4.69, 9.17) is 22.1 Å². The minimum atomic E-state index is -1.01. The number of nitrogens with zero attached hydrogens (tertiary/aromatic N) is 2. The number of amides is 3. The van der Waals surface area contributed by atoms with Crippen LogP contribution in [0.25, 0.3) is 5.69 Å². The molecule has 4 N–H and O–H groups in total. The van der Waals surface area contributed by atoms with Crippen LogP contribution >= 0.6 is 11.6 Å². The van der Waals surface area contributed by atoms with Crippen molar-refractivity contribution in [2.75, 3.05) is 11.9 Å². The fourth-order valence-electron chi connectivity index (χ4n) is 3.60. The number of ether oxygens (including phenoxy) is 1. The van der Waals surface area contributed by atoms with Gasteiger partial charge in [0.05, 0.1) is 23.1 Å². The minimum Gasteiger partial charge on any atom is -0.492 e. The Labute approximate surface area is 194 Å². The van der Waals surface area contributed by atoms with Gasteiger partial charge < -0.3 is 15.8 Å².